The molecule has 0 spiro atoms. The standard InChI is InChI=1S/C32H37N3O2/c1-21-29-18-25-9-10-26(17-28(25)32(21,2)14-16-35(29)20-23-3-4-23)31(37)33-15-13-22-5-7-24(8-6-22)27-11-12-30(36)34-19-27/h5-12,17,19,21,23,29H,3-4,13-16,18,20H2,1-2H3,(H,33,37)(H,34,36)/t21-,29?,32-/m0/s1. The number of nitrogens with one attached hydrogen (secondary N) is 1. The van der Waals surface area contributed by atoms with E-state index in [0.29, 0.717) is 18.5 Å². The van der Waals surface area contributed by atoms with Crippen molar-refractivity contribution in [2.24, 2.45) is 11.8 Å². The molecule has 192 valence electrons. The first kappa shape index (κ1) is 24.2. The normalized spacial score (nSPS) is 24.9. The molecule has 1 saturated carbocycles. The highest BCUT2D eigenvalue weighted by atomic mass is 16.3. The van der Waals surface area contributed by atoms with Crippen LogP contribution in [0.4, 0.5) is 0 Å². The molecule has 3 aliphatic rings. The fraction of sp³-hybridized carbons (Fsp3) is 0.438. The fourth-order valence-corrected chi connectivity index (χ4v) is 6.55. The molecule has 0 radical (unpaired) electrons. The Labute approximate surface area is 219 Å². The summed E-state index contributed by atoms with van der Waals surface area (Å²) >= 11 is 0. The van der Waals surface area contributed by atoms with Gasteiger partial charge >= 0.3 is 0 Å². The van der Waals surface area contributed by atoms with Crippen LogP contribution in [0.3, 0.4) is 0 Å². The molecule has 6 rings (SSSR count). The summed E-state index contributed by atoms with van der Waals surface area (Å²) in [5.74, 6) is 1.57. The zero-order valence-electron chi connectivity index (χ0n) is 21.9. The number of aromatic nitrogens is 1. The quantitative estimate of drug-likeness (QED) is 0.463. The average Bonchev–Trinajstić information content (AvgIpc) is 3.73. The second kappa shape index (κ2) is 9.60. The van der Waals surface area contributed by atoms with Crippen LogP contribution in [0.5, 0.6) is 5.88 Å². The number of hydrogen-bond donors (Lipinski definition) is 2. The van der Waals surface area contributed by atoms with Crippen LogP contribution in [0, 0.1) is 11.8 Å². The Hall–Kier alpha value is -3.18. The summed E-state index contributed by atoms with van der Waals surface area (Å²) < 4.78 is 0. The van der Waals surface area contributed by atoms with Crippen molar-refractivity contribution >= 4 is 5.91 Å². The third-order valence-electron chi connectivity index (χ3n) is 9.31. The van der Waals surface area contributed by atoms with Gasteiger partial charge in [0.2, 0.25) is 5.88 Å². The molecule has 1 aliphatic heterocycles. The van der Waals surface area contributed by atoms with Gasteiger partial charge in [0.15, 0.2) is 0 Å². The van der Waals surface area contributed by atoms with E-state index >= 15 is 0 Å². The van der Waals surface area contributed by atoms with Crippen molar-refractivity contribution < 1.29 is 9.90 Å². The number of benzene rings is 2. The molecule has 2 heterocycles. The maximum absolute atomic E-state index is 13.1. The molecule has 5 nitrogen and oxygen atoms in total. The molecule has 1 amide bonds. The van der Waals surface area contributed by atoms with E-state index in [-0.39, 0.29) is 17.2 Å². The van der Waals surface area contributed by atoms with Gasteiger partial charge in [-0.3, -0.25) is 9.69 Å². The van der Waals surface area contributed by atoms with Gasteiger partial charge in [0.1, 0.15) is 0 Å². The SMILES string of the molecule is C[C@H]1C2Cc3ccc(C(=O)NCCc4ccc(-c5ccc(O)nc5)cc4)cc3[C@@]1(C)CCN2CC1CC1. The van der Waals surface area contributed by atoms with E-state index in [1.54, 1.807) is 12.3 Å². The topological polar surface area (TPSA) is 65.5 Å². The number of carbonyl (C=O) groups is 1. The molecule has 2 bridgehead atoms. The summed E-state index contributed by atoms with van der Waals surface area (Å²) in [5.41, 5.74) is 6.95. The Morgan fingerprint density at radius 3 is 2.62 bits per heavy atom. The number of piperidine rings is 1. The van der Waals surface area contributed by atoms with Crippen LogP contribution >= 0.6 is 0 Å². The number of carbonyl (C=O) groups excluding carboxylic acids is 1. The molecule has 1 saturated heterocycles. The fourth-order valence-electron chi connectivity index (χ4n) is 6.55. The van der Waals surface area contributed by atoms with Crippen LogP contribution < -0.4 is 5.32 Å². The Morgan fingerprint density at radius 2 is 1.89 bits per heavy atom. The first-order chi connectivity index (χ1) is 17.9. The van der Waals surface area contributed by atoms with E-state index in [2.05, 4.69) is 65.4 Å². The third-order valence-corrected chi connectivity index (χ3v) is 9.31. The van der Waals surface area contributed by atoms with Gasteiger partial charge in [0.05, 0.1) is 0 Å². The lowest BCUT2D eigenvalue weighted by Crippen LogP contribution is -2.58. The molecule has 2 aliphatic carbocycles. The van der Waals surface area contributed by atoms with Gasteiger partial charge < -0.3 is 10.4 Å². The maximum atomic E-state index is 13.1. The molecule has 3 aromatic rings. The van der Waals surface area contributed by atoms with Crippen LogP contribution in [0.25, 0.3) is 11.1 Å². The van der Waals surface area contributed by atoms with Gasteiger partial charge in [-0.25, -0.2) is 4.98 Å². The van der Waals surface area contributed by atoms with Crippen LogP contribution in [0.1, 0.15) is 60.2 Å². The highest BCUT2D eigenvalue weighted by Gasteiger charge is 2.49. The van der Waals surface area contributed by atoms with E-state index in [1.807, 2.05) is 12.1 Å². The lowest BCUT2D eigenvalue weighted by atomic mass is 9.59. The van der Waals surface area contributed by atoms with Gasteiger partial charge in [-0.2, -0.15) is 0 Å². The average molecular weight is 496 g/mol. The lowest BCUT2D eigenvalue weighted by Gasteiger charge is -2.55. The first-order valence-electron chi connectivity index (χ1n) is 13.8. The molecule has 2 N–H and O–H groups in total. The maximum Gasteiger partial charge on any atom is 0.251 e. The van der Waals surface area contributed by atoms with E-state index in [1.165, 1.54) is 49.0 Å². The largest absolute Gasteiger partial charge is 0.493 e. The summed E-state index contributed by atoms with van der Waals surface area (Å²) in [6.45, 7) is 7.92. The molecular weight excluding hydrogens is 458 g/mol. The first-order valence-corrected chi connectivity index (χ1v) is 13.8. The monoisotopic (exact) mass is 495 g/mol. The molecular formula is C32H37N3O2. The summed E-state index contributed by atoms with van der Waals surface area (Å²) in [6.07, 6.45) is 7.54. The van der Waals surface area contributed by atoms with Gasteiger partial charge in [-0.15, -0.1) is 0 Å². The minimum Gasteiger partial charge on any atom is -0.493 e. The summed E-state index contributed by atoms with van der Waals surface area (Å²) in [7, 11) is 0. The van der Waals surface area contributed by atoms with Crippen LogP contribution in [-0.2, 0) is 18.3 Å². The molecule has 2 fully saturated rings. The van der Waals surface area contributed by atoms with Crippen molar-refractivity contribution in [3.05, 3.63) is 83.0 Å². The van der Waals surface area contributed by atoms with Crippen molar-refractivity contribution in [1.82, 2.24) is 15.2 Å². The van der Waals surface area contributed by atoms with Crippen molar-refractivity contribution in [3.63, 3.8) is 0 Å². The van der Waals surface area contributed by atoms with Crippen molar-refractivity contribution in [1.29, 1.82) is 0 Å². The van der Waals surface area contributed by atoms with Crippen molar-refractivity contribution in [2.45, 2.75) is 57.4 Å². The highest BCUT2D eigenvalue weighted by molar-refractivity contribution is 5.94. The summed E-state index contributed by atoms with van der Waals surface area (Å²) in [6, 6.07) is 18.8. The van der Waals surface area contributed by atoms with Crippen LogP contribution in [-0.4, -0.2) is 46.6 Å². The van der Waals surface area contributed by atoms with Gasteiger partial charge in [-0.05, 0) is 96.4 Å². The Kier molecular flexibility index (Phi) is 6.28. The predicted octanol–water partition coefficient (Wildman–Crippen LogP) is 5.36. The zero-order chi connectivity index (χ0) is 25.6. The molecule has 2 aromatic carbocycles. The number of nitrogens with zero attached hydrogens (tertiary/aromatic N) is 2. The molecule has 1 aromatic heterocycles. The van der Waals surface area contributed by atoms with Gasteiger partial charge in [0.25, 0.3) is 5.91 Å². The van der Waals surface area contributed by atoms with E-state index in [4.69, 9.17) is 0 Å². The molecule has 3 atom stereocenters. The van der Waals surface area contributed by atoms with Crippen LogP contribution in [0.2, 0.25) is 0 Å². The third kappa shape index (κ3) is 4.77. The van der Waals surface area contributed by atoms with Crippen LogP contribution in [0.15, 0.2) is 60.8 Å². The second-order valence-corrected chi connectivity index (χ2v) is 11.6. The predicted molar refractivity (Wildman–Crippen MR) is 147 cm³/mol. The molecule has 37 heavy (non-hydrogen) atoms. The van der Waals surface area contributed by atoms with E-state index in [0.717, 1.165) is 35.4 Å². The lowest BCUT2D eigenvalue weighted by molar-refractivity contribution is 0.0284. The number of likely N-dealkylation sites (tertiary alicyclic amines) is 1. The van der Waals surface area contributed by atoms with E-state index < -0.39 is 0 Å². The zero-order valence-corrected chi connectivity index (χ0v) is 21.9. The highest BCUT2D eigenvalue weighted by Crippen LogP contribution is 2.49. The minimum absolute atomic E-state index is 0.0131. The van der Waals surface area contributed by atoms with Gasteiger partial charge in [0, 0.05) is 42.5 Å². The number of hydrogen-bond acceptors (Lipinski definition) is 4. The van der Waals surface area contributed by atoms with E-state index in [9.17, 15) is 9.90 Å². The van der Waals surface area contributed by atoms with Crippen molar-refractivity contribution in [3.8, 4) is 17.0 Å². The number of pyridine rings is 1. The number of fused-ring (bicyclic) bond motifs is 4. The number of rotatable bonds is 7. The Morgan fingerprint density at radius 1 is 1.11 bits per heavy atom. The molecule has 1 unspecified atom stereocenters. The summed E-state index contributed by atoms with van der Waals surface area (Å²) in [4.78, 5) is 19.8. The summed E-state index contributed by atoms with van der Waals surface area (Å²) in [5, 5.41) is 12.5. The molecule has 5 heteroatoms. The smallest absolute Gasteiger partial charge is 0.251 e. The Balaban J connectivity index is 1.09. The number of aromatic hydroxyl groups is 1. The van der Waals surface area contributed by atoms with Crippen molar-refractivity contribution in [2.75, 3.05) is 19.6 Å². The number of amides is 1. The Bertz CT molecular complexity index is 1280. The van der Waals surface area contributed by atoms with Gasteiger partial charge in [-0.1, -0.05) is 44.2 Å². The second-order valence-electron chi connectivity index (χ2n) is 11.6. The minimum atomic E-state index is 0.0131.